The Balaban J connectivity index is 2.74. The van der Waals surface area contributed by atoms with Crippen molar-refractivity contribution >= 4 is 14.0 Å². The van der Waals surface area contributed by atoms with Crippen LogP contribution in [0.4, 0.5) is 0 Å². The van der Waals surface area contributed by atoms with E-state index in [9.17, 15) is 4.79 Å². The van der Waals surface area contributed by atoms with Crippen LogP contribution >= 0.6 is 0 Å². The molecule has 0 aliphatic carbocycles. The average molecular weight is 347 g/mol. The molecule has 130 valence electrons. The summed E-state index contributed by atoms with van der Waals surface area (Å²) >= 11 is 0. The minimum atomic E-state index is -1.64. The van der Waals surface area contributed by atoms with Gasteiger partial charge in [0.2, 0.25) is 0 Å². The van der Waals surface area contributed by atoms with Crippen LogP contribution in [0, 0.1) is 23.8 Å². The summed E-state index contributed by atoms with van der Waals surface area (Å²) in [5.74, 6) is 4.94. The van der Waals surface area contributed by atoms with Gasteiger partial charge in [-0.25, -0.2) is 4.68 Å². The van der Waals surface area contributed by atoms with Crippen LogP contribution in [0.5, 0.6) is 0 Å². The summed E-state index contributed by atoms with van der Waals surface area (Å²) in [6.45, 7) is 12.5. The highest BCUT2D eigenvalue weighted by molar-refractivity contribution is 6.87. The van der Waals surface area contributed by atoms with E-state index in [1.165, 1.54) is 4.68 Å². The maximum Gasteiger partial charge on any atom is 0.325 e. The first kappa shape index (κ1) is 20.0. The summed E-state index contributed by atoms with van der Waals surface area (Å²) in [5.41, 5.74) is 4.15. The molecule has 1 aromatic rings. The summed E-state index contributed by atoms with van der Waals surface area (Å²) in [7, 11) is -1.64. The fourth-order valence-electron chi connectivity index (χ4n) is 1.71. The first-order valence-corrected chi connectivity index (χ1v) is 10.8. The fraction of sp³-hybridized carbons (Fsp3) is 0.588. The van der Waals surface area contributed by atoms with Crippen LogP contribution in [0.15, 0.2) is 6.20 Å². The third-order valence-electron chi connectivity index (χ3n) is 4.16. The molecule has 6 nitrogen and oxygen atoms in total. The number of carboxylic acids is 1. The summed E-state index contributed by atoms with van der Waals surface area (Å²) in [5, 5.41) is 16.8. The van der Waals surface area contributed by atoms with Gasteiger partial charge in [-0.15, -0.1) is 17.1 Å². The van der Waals surface area contributed by atoms with E-state index in [0.717, 1.165) is 0 Å². The second-order valence-electron chi connectivity index (χ2n) is 7.33. The highest BCUT2D eigenvalue weighted by Gasteiger charge is 2.33. The molecular formula is C17H26N4O2Si. The van der Waals surface area contributed by atoms with E-state index in [-0.39, 0.29) is 11.6 Å². The Morgan fingerprint density at radius 3 is 2.62 bits per heavy atom. The Kier molecular flexibility index (Phi) is 6.77. The van der Waals surface area contributed by atoms with Crippen LogP contribution in [-0.4, -0.2) is 52.1 Å². The van der Waals surface area contributed by atoms with E-state index in [1.54, 1.807) is 6.20 Å². The lowest BCUT2D eigenvalue weighted by Gasteiger charge is -2.31. The molecule has 7 heteroatoms. The van der Waals surface area contributed by atoms with Gasteiger partial charge < -0.3 is 5.11 Å². The molecule has 0 aliphatic heterocycles. The molecule has 0 amide bonds. The van der Waals surface area contributed by atoms with Crippen LogP contribution < -0.4 is 0 Å². The third-order valence-corrected chi connectivity index (χ3v) is 8.71. The molecule has 0 radical (unpaired) electrons. The maximum absolute atomic E-state index is 10.7. The van der Waals surface area contributed by atoms with Crippen molar-refractivity contribution in [2.75, 3.05) is 13.1 Å². The molecule has 1 rings (SSSR count). The van der Waals surface area contributed by atoms with Crippen molar-refractivity contribution in [1.82, 2.24) is 19.9 Å². The lowest BCUT2D eigenvalue weighted by Crippen LogP contribution is -2.36. The van der Waals surface area contributed by atoms with Crippen LogP contribution in [0.2, 0.25) is 18.1 Å². The molecule has 0 fully saturated rings. The van der Waals surface area contributed by atoms with Crippen molar-refractivity contribution in [1.29, 1.82) is 0 Å². The molecule has 1 aromatic heterocycles. The Bertz CT molecular complexity index is 671. The van der Waals surface area contributed by atoms with E-state index in [1.807, 2.05) is 4.90 Å². The van der Waals surface area contributed by atoms with E-state index < -0.39 is 14.0 Å². The van der Waals surface area contributed by atoms with E-state index in [4.69, 9.17) is 11.5 Å². The minimum Gasteiger partial charge on any atom is -0.480 e. The second-order valence-corrected chi connectivity index (χ2v) is 12.3. The predicted molar refractivity (Wildman–Crippen MR) is 96.7 cm³/mol. The third kappa shape index (κ3) is 6.19. The predicted octanol–water partition coefficient (Wildman–Crippen LogP) is 1.85. The van der Waals surface area contributed by atoms with Crippen LogP contribution in [0.25, 0.3) is 0 Å². The molecule has 0 aromatic carbocycles. The van der Waals surface area contributed by atoms with E-state index in [2.05, 4.69) is 61.6 Å². The first-order valence-electron chi connectivity index (χ1n) is 7.82. The fourth-order valence-corrected chi connectivity index (χ4v) is 2.61. The molecule has 1 N–H and O–H groups in total. The maximum atomic E-state index is 10.7. The van der Waals surface area contributed by atoms with Crippen molar-refractivity contribution < 1.29 is 9.90 Å². The largest absolute Gasteiger partial charge is 0.480 e. The highest BCUT2D eigenvalue weighted by Crippen LogP contribution is 2.35. The van der Waals surface area contributed by atoms with Gasteiger partial charge in [-0.3, -0.25) is 9.69 Å². The number of aliphatic carboxylic acids is 1. The number of hydrogen-bond donors (Lipinski definition) is 1. The number of carboxylic acid groups (broad SMARTS) is 1. The van der Waals surface area contributed by atoms with Gasteiger partial charge in [-0.05, 0) is 5.04 Å². The zero-order valence-corrected chi connectivity index (χ0v) is 16.1. The summed E-state index contributed by atoms with van der Waals surface area (Å²) in [6.07, 6.45) is 7.05. The van der Waals surface area contributed by atoms with Crippen molar-refractivity contribution in [3.8, 4) is 23.8 Å². The lowest BCUT2D eigenvalue weighted by molar-refractivity contribution is -0.137. The SMILES string of the molecule is C#CCN(CC#C[Si](C)(C)C(C)(C)C)Cc1cn(CC(=O)O)nn1. The molecule has 0 saturated carbocycles. The number of terminal acetylenes is 1. The number of carbonyl (C=O) groups is 1. The van der Waals surface area contributed by atoms with Gasteiger partial charge in [0.15, 0.2) is 0 Å². The first-order chi connectivity index (χ1) is 11.0. The molecule has 0 spiro atoms. The summed E-state index contributed by atoms with van der Waals surface area (Å²) in [6, 6.07) is 0. The van der Waals surface area contributed by atoms with Gasteiger partial charge in [-0.2, -0.15) is 0 Å². The van der Waals surface area contributed by atoms with Crippen molar-refractivity contribution in [3.63, 3.8) is 0 Å². The van der Waals surface area contributed by atoms with Crippen LogP contribution in [-0.2, 0) is 17.9 Å². The monoisotopic (exact) mass is 346 g/mol. The van der Waals surface area contributed by atoms with Gasteiger partial charge in [0, 0.05) is 6.54 Å². The Morgan fingerprint density at radius 1 is 1.42 bits per heavy atom. The smallest absolute Gasteiger partial charge is 0.325 e. The minimum absolute atomic E-state index is 0.201. The number of aromatic nitrogens is 3. The van der Waals surface area contributed by atoms with Gasteiger partial charge in [0.1, 0.15) is 14.6 Å². The van der Waals surface area contributed by atoms with Gasteiger partial charge in [0.25, 0.3) is 0 Å². The molecule has 0 atom stereocenters. The highest BCUT2D eigenvalue weighted by atomic mass is 28.3. The van der Waals surface area contributed by atoms with Gasteiger partial charge in [-0.1, -0.05) is 50.9 Å². The van der Waals surface area contributed by atoms with Crippen LogP contribution in [0.3, 0.4) is 0 Å². The standard InChI is InChI=1S/C17H26N4O2Si/c1-7-9-20(10-8-11-24(5,6)17(2,3)4)12-15-13-21(19-18-15)14-16(22)23/h1,13H,9-10,12,14H2,2-6H3,(H,22,23). The zero-order chi connectivity index (χ0) is 18.4. The number of rotatable bonds is 6. The Morgan fingerprint density at radius 2 is 2.08 bits per heavy atom. The quantitative estimate of drug-likeness (QED) is 0.629. The van der Waals surface area contributed by atoms with Crippen molar-refractivity contribution in [3.05, 3.63) is 11.9 Å². The molecule has 0 unspecified atom stereocenters. The summed E-state index contributed by atoms with van der Waals surface area (Å²) in [4.78, 5) is 12.7. The molecule has 0 bridgehead atoms. The van der Waals surface area contributed by atoms with Gasteiger partial charge in [0.05, 0.1) is 25.0 Å². The normalized spacial score (nSPS) is 11.7. The number of nitrogens with zero attached hydrogens (tertiary/aromatic N) is 4. The Hall–Kier alpha value is -2.09. The summed E-state index contributed by atoms with van der Waals surface area (Å²) < 4.78 is 1.30. The topological polar surface area (TPSA) is 71.2 Å². The Labute approximate surface area is 145 Å². The molecule has 0 saturated heterocycles. The van der Waals surface area contributed by atoms with Crippen molar-refractivity contribution in [2.45, 2.75) is 52.0 Å². The number of hydrogen-bond acceptors (Lipinski definition) is 4. The second kappa shape index (κ2) is 8.14. The van der Waals surface area contributed by atoms with Crippen LogP contribution in [0.1, 0.15) is 26.5 Å². The van der Waals surface area contributed by atoms with Gasteiger partial charge >= 0.3 is 5.97 Å². The molecule has 24 heavy (non-hydrogen) atoms. The average Bonchev–Trinajstić information content (AvgIpc) is 2.83. The van der Waals surface area contributed by atoms with E-state index in [0.29, 0.717) is 25.3 Å². The lowest BCUT2D eigenvalue weighted by atomic mass is 10.2. The van der Waals surface area contributed by atoms with E-state index >= 15 is 0 Å². The molecule has 1 heterocycles. The molecular weight excluding hydrogens is 320 g/mol. The van der Waals surface area contributed by atoms with Crippen molar-refractivity contribution in [2.24, 2.45) is 0 Å². The zero-order valence-electron chi connectivity index (χ0n) is 15.1. The molecule has 0 aliphatic rings.